The normalized spacial score (nSPS) is 10.8. The molecule has 0 unspecified atom stereocenters. The van der Waals surface area contributed by atoms with Crippen LogP contribution in [0.5, 0.6) is 0 Å². The van der Waals surface area contributed by atoms with E-state index in [1.165, 1.54) is 0 Å². The molecule has 6 heteroatoms. The first-order valence-corrected chi connectivity index (χ1v) is 8.01. The SMILES string of the molecule is CCCN(CCC)C(=O)c1cc(NCCN(C)C)nc(C)n1. The maximum absolute atomic E-state index is 12.6. The van der Waals surface area contributed by atoms with Gasteiger partial charge in [-0.1, -0.05) is 13.8 Å². The van der Waals surface area contributed by atoms with Gasteiger partial charge in [-0.3, -0.25) is 4.79 Å². The predicted molar refractivity (Wildman–Crippen MR) is 90.3 cm³/mol. The number of anilines is 1. The van der Waals surface area contributed by atoms with Crippen molar-refractivity contribution in [3.05, 3.63) is 17.6 Å². The van der Waals surface area contributed by atoms with Crippen LogP contribution in [0.2, 0.25) is 0 Å². The first-order chi connectivity index (χ1) is 10.5. The highest BCUT2D eigenvalue weighted by Gasteiger charge is 2.17. The van der Waals surface area contributed by atoms with Crippen molar-refractivity contribution in [3.8, 4) is 0 Å². The number of carbonyl (C=O) groups excluding carboxylic acids is 1. The lowest BCUT2D eigenvalue weighted by atomic mass is 10.3. The third-order valence-corrected chi connectivity index (χ3v) is 3.20. The topological polar surface area (TPSA) is 61.4 Å². The maximum atomic E-state index is 12.6. The summed E-state index contributed by atoms with van der Waals surface area (Å²) in [5.41, 5.74) is 0.474. The molecule has 1 aromatic heterocycles. The summed E-state index contributed by atoms with van der Waals surface area (Å²) in [5, 5.41) is 3.25. The van der Waals surface area contributed by atoms with E-state index in [0.29, 0.717) is 17.3 Å². The summed E-state index contributed by atoms with van der Waals surface area (Å²) in [7, 11) is 4.05. The molecule has 22 heavy (non-hydrogen) atoms. The van der Waals surface area contributed by atoms with Gasteiger partial charge in [0.25, 0.3) is 5.91 Å². The average Bonchev–Trinajstić information content (AvgIpc) is 2.45. The Morgan fingerprint density at radius 1 is 1.14 bits per heavy atom. The highest BCUT2D eigenvalue weighted by molar-refractivity contribution is 5.93. The molecule has 0 atom stereocenters. The first-order valence-electron chi connectivity index (χ1n) is 8.01. The average molecular weight is 307 g/mol. The second kappa shape index (κ2) is 9.35. The molecule has 0 aromatic carbocycles. The van der Waals surface area contributed by atoms with E-state index in [0.717, 1.165) is 39.0 Å². The van der Waals surface area contributed by atoms with Crippen LogP contribution in [0.1, 0.15) is 43.0 Å². The molecule has 1 N–H and O–H groups in total. The van der Waals surface area contributed by atoms with Crippen LogP contribution in [0.15, 0.2) is 6.07 Å². The van der Waals surface area contributed by atoms with Crippen LogP contribution in [-0.2, 0) is 0 Å². The molecule has 0 aliphatic rings. The number of aryl methyl sites for hydroxylation is 1. The molecule has 0 bridgehead atoms. The molecule has 1 heterocycles. The minimum absolute atomic E-state index is 0.00939. The van der Waals surface area contributed by atoms with E-state index < -0.39 is 0 Å². The number of likely N-dealkylation sites (N-methyl/N-ethyl adjacent to an activating group) is 1. The minimum atomic E-state index is -0.00939. The number of amides is 1. The molecular weight excluding hydrogens is 278 g/mol. The number of nitrogens with zero attached hydrogens (tertiary/aromatic N) is 4. The fourth-order valence-electron chi connectivity index (χ4n) is 2.19. The summed E-state index contributed by atoms with van der Waals surface area (Å²) in [6, 6.07) is 1.75. The van der Waals surface area contributed by atoms with Crippen molar-refractivity contribution >= 4 is 11.7 Å². The summed E-state index contributed by atoms with van der Waals surface area (Å²) >= 11 is 0. The van der Waals surface area contributed by atoms with Gasteiger partial charge in [0, 0.05) is 32.2 Å². The zero-order valence-corrected chi connectivity index (χ0v) is 14.5. The Morgan fingerprint density at radius 2 is 1.77 bits per heavy atom. The third kappa shape index (κ3) is 5.97. The van der Waals surface area contributed by atoms with Crippen LogP contribution in [-0.4, -0.2) is 65.9 Å². The lowest BCUT2D eigenvalue weighted by Crippen LogP contribution is -2.33. The fourth-order valence-corrected chi connectivity index (χ4v) is 2.19. The van der Waals surface area contributed by atoms with Crippen LogP contribution in [0.3, 0.4) is 0 Å². The van der Waals surface area contributed by atoms with E-state index in [1.54, 1.807) is 6.07 Å². The Kier molecular flexibility index (Phi) is 7.80. The number of hydrogen-bond acceptors (Lipinski definition) is 5. The molecule has 1 aromatic rings. The Bertz CT molecular complexity index is 470. The molecule has 0 saturated heterocycles. The lowest BCUT2D eigenvalue weighted by molar-refractivity contribution is 0.0749. The van der Waals surface area contributed by atoms with Crippen LogP contribution in [0.4, 0.5) is 5.82 Å². The summed E-state index contributed by atoms with van der Waals surface area (Å²) in [4.78, 5) is 25.2. The van der Waals surface area contributed by atoms with Gasteiger partial charge in [0.15, 0.2) is 0 Å². The van der Waals surface area contributed by atoms with Gasteiger partial charge in [0.2, 0.25) is 0 Å². The number of nitrogens with one attached hydrogen (secondary N) is 1. The molecular formula is C16H29N5O. The summed E-state index contributed by atoms with van der Waals surface area (Å²) in [6.07, 6.45) is 1.90. The summed E-state index contributed by atoms with van der Waals surface area (Å²) in [6.45, 7) is 9.19. The second-order valence-corrected chi connectivity index (χ2v) is 5.71. The molecule has 1 amide bonds. The van der Waals surface area contributed by atoms with Gasteiger partial charge in [-0.25, -0.2) is 9.97 Å². The van der Waals surface area contributed by atoms with Crippen molar-refractivity contribution in [2.24, 2.45) is 0 Å². The third-order valence-electron chi connectivity index (χ3n) is 3.20. The van der Waals surface area contributed by atoms with Gasteiger partial charge >= 0.3 is 0 Å². The molecule has 0 radical (unpaired) electrons. The molecule has 1 rings (SSSR count). The summed E-state index contributed by atoms with van der Waals surface area (Å²) < 4.78 is 0. The van der Waals surface area contributed by atoms with Gasteiger partial charge in [-0.05, 0) is 33.9 Å². The first kappa shape index (κ1) is 18.4. The van der Waals surface area contributed by atoms with Gasteiger partial charge < -0.3 is 15.1 Å². The number of carbonyl (C=O) groups is 1. The lowest BCUT2D eigenvalue weighted by Gasteiger charge is -2.21. The minimum Gasteiger partial charge on any atom is -0.369 e. The van der Waals surface area contributed by atoms with Crippen molar-refractivity contribution in [1.29, 1.82) is 0 Å². The van der Waals surface area contributed by atoms with E-state index in [2.05, 4.69) is 34.0 Å². The van der Waals surface area contributed by atoms with Crippen molar-refractivity contribution in [3.63, 3.8) is 0 Å². The molecule has 0 fully saturated rings. The van der Waals surface area contributed by atoms with E-state index in [4.69, 9.17) is 0 Å². The Labute approximate surface area is 133 Å². The fraction of sp³-hybridized carbons (Fsp3) is 0.688. The molecule has 6 nitrogen and oxygen atoms in total. The van der Waals surface area contributed by atoms with Crippen LogP contribution in [0, 0.1) is 6.92 Å². The highest BCUT2D eigenvalue weighted by Crippen LogP contribution is 2.10. The van der Waals surface area contributed by atoms with Crippen molar-refractivity contribution in [2.75, 3.05) is 45.6 Å². The monoisotopic (exact) mass is 307 g/mol. The van der Waals surface area contributed by atoms with E-state index in [-0.39, 0.29) is 5.91 Å². The maximum Gasteiger partial charge on any atom is 0.272 e. The number of rotatable bonds is 9. The van der Waals surface area contributed by atoms with Gasteiger partial charge in [-0.2, -0.15) is 0 Å². The Hall–Kier alpha value is -1.69. The molecule has 0 aliphatic heterocycles. The van der Waals surface area contributed by atoms with E-state index in [9.17, 15) is 4.79 Å². The van der Waals surface area contributed by atoms with Crippen LogP contribution >= 0.6 is 0 Å². The molecule has 0 aliphatic carbocycles. The highest BCUT2D eigenvalue weighted by atomic mass is 16.2. The van der Waals surface area contributed by atoms with Gasteiger partial charge in [-0.15, -0.1) is 0 Å². The summed E-state index contributed by atoms with van der Waals surface area (Å²) in [5.74, 6) is 1.32. The Morgan fingerprint density at radius 3 is 2.32 bits per heavy atom. The quantitative estimate of drug-likeness (QED) is 0.756. The smallest absolute Gasteiger partial charge is 0.272 e. The Balaban J connectivity index is 2.84. The van der Waals surface area contributed by atoms with Crippen LogP contribution in [0.25, 0.3) is 0 Å². The predicted octanol–water partition coefficient (Wildman–Crippen LogP) is 2.02. The number of hydrogen-bond donors (Lipinski definition) is 1. The van der Waals surface area contributed by atoms with Gasteiger partial charge in [0.1, 0.15) is 17.3 Å². The van der Waals surface area contributed by atoms with E-state index in [1.807, 2.05) is 25.9 Å². The zero-order chi connectivity index (χ0) is 16.5. The second-order valence-electron chi connectivity index (χ2n) is 5.71. The zero-order valence-electron chi connectivity index (χ0n) is 14.5. The standard InChI is InChI=1S/C16H29N5O/c1-6-9-21(10-7-2)16(22)14-12-15(19-13(3)18-14)17-8-11-20(4)5/h12H,6-11H2,1-5H3,(H,17,18,19). The largest absolute Gasteiger partial charge is 0.369 e. The molecule has 0 spiro atoms. The number of aromatic nitrogens is 2. The van der Waals surface area contributed by atoms with E-state index >= 15 is 0 Å². The molecule has 124 valence electrons. The van der Waals surface area contributed by atoms with Crippen molar-refractivity contribution in [1.82, 2.24) is 19.8 Å². The van der Waals surface area contributed by atoms with Crippen molar-refractivity contribution in [2.45, 2.75) is 33.6 Å². The van der Waals surface area contributed by atoms with Crippen LogP contribution < -0.4 is 5.32 Å². The van der Waals surface area contributed by atoms with Crippen molar-refractivity contribution < 1.29 is 4.79 Å². The van der Waals surface area contributed by atoms with Gasteiger partial charge in [0.05, 0.1) is 0 Å². The molecule has 0 saturated carbocycles.